The van der Waals surface area contributed by atoms with Crippen molar-refractivity contribution >= 4 is 34.4 Å². The van der Waals surface area contributed by atoms with Crippen molar-refractivity contribution in [3.05, 3.63) is 52.5 Å². The molecule has 0 atom stereocenters. The van der Waals surface area contributed by atoms with Crippen LogP contribution in [0.15, 0.2) is 40.7 Å². The van der Waals surface area contributed by atoms with Crippen molar-refractivity contribution < 1.29 is 4.74 Å². The first-order chi connectivity index (χ1) is 15.0. The molecule has 3 aromatic rings. The fraction of sp³-hybridized carbons (Fsp3) is 0.375. The fourth-order valence-electron chi connectivity index (χ4n) is 4.54. The van der Waals surface area contributed by atoms with E-state index in [0.717, 1.165) is 66.4 Å². The second kappa shape index (κ2) is 7.80. The summed E-state index contributed by atoms with van der Waals surface area (Å²) in [7, 11) is 0. The van der Waals surface area contributed by atoms with Crippen LogP contribution in [0.2, 0.25) is 0 Å². The van der Waals surface area contributed by atoms with Crippen LogP contribution in [-0.2, 0) is 4.74 Å². The van der Waals surface area contributed by atoms with Crippen LogP contribution in [-0.4, -0.2) is 47.5 Å². The van der Waals surface area contributed by atoms with Gasteiger partial charge in [0.2, 0.25) is 0 Å². The van der Waals surface area contributed by atoms with E-state index >= 15 is 0 Å². The first kappa shape index (κ1) is 20.3. The number of aryl methyl sites for hydroxylation is 1. The Morgan fingerprint density at radius 1 is 1.26 bits per heavy atom. The van der Waals surface area contributed by atoms with E-state index in [1.54, 1.807) is 24.0 Å². The summed E-state index contributed by atoms with van der Waals surface area (Å²) < 4.78 is 5.44. The van der Waals surface area contributed by atoms with Gasteiger partial charge >= 0.3 is 0 Å². The number of benzene rings is 1. The summed E-state index contributed by atoms with van der Waals surface area (Å²) in [5.74, 6) is 0.481. The Labute approximate surface area is 185 Å². The van der Waals surface area contributed by atoms with E-state index in [1.165, 1.54) is 0 Å². The molecule has 6 nitrogen and oxygen atoms in total. The summed E-state index contributed by atoms with van der Waals surface area (Å²) in [6.45, 7) is 9.68. The molecular formula is C24H26N4O2S. The lowest BCUT2D eigenvalue weighted by Gasteiger charge is -2.47. The number of anilines is 1. The van der Waals surface area contributed by atoms with Gasteiger partial charge in [0.25, 0.3) is 5.56 Å². The van der Waals surface area contributed by atoms with Crippen molar-refractivity contribution in [2.24, 2.45) is 5.41 Å². The van der Waals surface area contributed by atoms with Gasteiger partial charge in [-0.3, -0.25) is 9.78 Å². The summed E-state index contributed by atoms with van der Waals surface area (Å²) in [6.07, 6.45) is 7.88. The number of thioether (sulfide) groups is 1. The van der Waals surface area contributed by atoms with Crippen molar-refractivity contribution in [3.8, 4) is 11.5 Å². The molecule has 1 aromatic carbocycles. The van der Waals surface area contributed by atoms with E-state index in [1.807, 2.05) is 25.3 Å². The third-order valence-electron chi connectivity index (χ3n) is 6.57. The Bertz CT molecular complexity index is 1220. The van der Waals surface area contributed by atoms with Crippen molar-refractivity contribution in [3.63, 3.8) is 0 Å². The number of nitrogens with one attached hydrogen (secondary N) is 1. The summed E-state index contributed by atoms with van der Waals surface area (Å²) >= 11 is 1.61. The second-order valence-electron chi connectivity index (χ2n) is 8.57. The zero-order chi connectivity index (χ0) is 21.6. The molecule has 31 heavy (non-hydrogen) atoms. The maximum Gasteiger partial charge on any atom is 0.259 e. The number of ether oxygens (including phenoxy) is 1. The van der Waals surface area contributed by atoms with Crippen molar-refractivity contribution in [2.45, 2.75) is 24.7 Å². The smallest absolute Gasteiger partial charge is 0.259 e. The van der Waals surface area contributed by atoms with Gasteiger partial charge in [0.05, 0.1) is 24.1 Å². The number of hydrogen-bond acceptors (Lipinski definition) is 6. The number of rotatable bonds is 4. The minimum absolute atomic E-state index is 0.137. The molecule has 2 fully saturated rings. The molecule has 0 radical (unpaired) electrons. The quantitative estimate of drug-likeness (QED) is 0.618. The zero-order valence-corrected chi connectivity index (χ0v) is 18.7. The highest BCUT2D eigenvalue weighted by atomic mass is 32.2. The molecule has 7 heteroatoms. The molecule has 0 bridgehead atoms. The highest BCUT2D eigenvalue weighted by Crippen LogP contribution is 2.40. The average molecular weight is 435 g/mol. The largest absolute Gasteiger partial charge is 0.380 e. The van der Waals surface area contributed by atoms with E-state index < -0.39 is 0 Å². The van der Waals surface area contributed by atoms with E-state index in [2.05, 4.69) is 27.5 Å². The van der Waals surface area contributed by atoms with Gasteiger partial charge in [-0.1, -0.05) is 12.7 Å². The standard InChI is InChI=1S/C24H26N4O2S/c1-4-16-10-19(25-12-20(16)31-3)22-26-21-15(2)9-17(11-18(21)23(29)27-22)28-7-5-24(6-8-28)13-30-14-24/h4,9-12H,1,5-8,13-14H2,2-3H3,(H,26,27,29). The lowest BCUT2D eigenvalue weighted by molar-refractivity contribution is -0.124. The van der Waals surface area contributed by atoms with Crippen LogP contribution < -0.4 is 10.5 Å². The first-order valence-electron chi connectivity index (χ1n) is 10.6. The van der Waals surface area contributed by atoms with Crippen LogP contribution >= 0.6 is 11.8 Å². The van der Waals surface area contributed by atoms with E-state index in [-0.39, 0.29) is 5.56 Å². The van der Waals surface area contributed by atoms with Crippen LogP contribution in [0.25, 0.3) is 28.5 Å². The molecule has 1 spiro atoms. The van der Waals surface area contributed by atoms with Gasteiger partial charge in [0.15, 0.2) is 5.82 Å². The van der Waals surface area contributed by atoms with Gasteiger partial charge in [0, 0.05) is 35.3 Å². The summed E-state index contributed by atoms with van der Waals surface area (Å²) in [5, 5.41) is 0.621. The van der Waals surface area contributed by atoms with E-state index in [9.17, 15) is 4.79 Å². The predicted octanol–water partition coefficient (Wildman–Crippen LogP) is 4.28. The minimum Gasteiger partial charge on any atom is -0.380 e. The number of piperidine rings is 1. The first-order valence-corrected chi connectivity index (χ1v) is 11.8. The van der Waals surface area contributed by atoms with Gasteiger partial charge in [-0.05, 0) is 55.3 Å². The zero-order valence-electron chi connectivity index (χ0n) is 17.9. The van der Waals surface area contributed by atoms with Crippen molar-refractivity contribution in [1.29, 1.82) is 0 Å². The predicted molar refractivity (Wildman–Crippen MR) is 127 cm³/mol. The molecule has 2 aliphatic rings. The monoisotopic (exact) mass is 434 g/mol. The van der Waals surface area contributed by atoms with Crippen molar-refractivity contribution in [1.82, 2.24) is 15.0 Å². The molecular weight excluding hydrogens is 408 g/mol. The molecule has 5 rings (SSSR count). The molecule has 2 saturated heterocycles. The van der Waals surface area contributed by atoms with Gasteiger partial charge in [-0.15, -0.1) is 11.8 Å². The molecule has 1 N–H and O–H groups in total. The van der Waals surface area contributed by atoms with Crippen LogP contribution in [0.1, 0.15) is 24.0 Å². The highest BCUT2D eigenvalue weighted by molar-refractivity contribution is 7.98. The van der Waals surface area contributed by atoms with E-state index in [0.29, 0.717) is 22.3 Å². The summed E-state index contributed by atoms with van der Waals surface area (Å²) in [6, 6.07) is 6.04. The van der Waals surface area contributed by atoms with Crippen LogP contribution in [0.5, 0.6) is 0 Å². The maximum absolute atomic E-state index is 13.0. The Hall–Kier alpha value is -2.64. The number of pyridine rings is 1. The average Bonchev–Trinajstić information content (AvgIpc) is 2.78. The number of hydrogen-bond donors (Lipinski definition) is 1. The molecule has 2 aromatic heterocycles. The molecule has 0 saturated carbocycles. The Morgan fingerprint density at radius 2 is 2.03 bits per heavy atom. The minimum atomic E-state index is -0.137. The third kappa shape index (κ3) is 3.55. The lowest BCUT2D eigenvalue weighted by Crippen LogP contribution is -2.51. The Balaban J connectivity index is 1.51. The number of H-pyrrole nitrogens is 1. The van der Waals surface area contributed by atoms with Crippen LogP contribution in [0.4, 0.5) is 5.69 Å². The molecule has 2 aliphatic heterocycles. The van der Waals surface area contributed by atoms with Crippen LogP contribution in [0.3, 0.4) is 0 Å². The SMILES string of the molecule is C=Cc1cc(-c2nc3c(C)cc(N4CCC5(CC4)COC5)cc3c(=O)[nH]2)ncc1SC. The highest BCUT2D eigenvalue weighted by Gasteiger charge is 2.41. The van der Waals surface area contributed by atoms with Crippen LogP contribution in [0, 0.1) is 12.3 Å². The third-order valence-corrected chi connectivity index (χ3v) is 7.35. The van der Waals surface area contributed by atoms with Gasteiger partial charge in [0.1, 0.15) is 5.69 Å². The molecule has 0 unspecified atom stereocenters. The number of aromatic amines is 1. The number of nitrogens with zero attached hydrogens (tertiary/aromatic N) is 3. The number of aromatic nitrogens is 3. The normalized spacial score (nSPS) is 17.7. The van der Waals surface area contributed by atoms with Gasteiger partial charge < -0.3 is 14.6 Å². The maximum atomic E-state index is 13.0. The molecule has 4 heterocycles. The Morgan fingerprint density at radius 3 is 2.68 bits per heavy atom. The second-order valence-corrected chi connectivity index (χ2v) is 9.42. The van der Waals surface area contributed by atoms with E-state index in [4.69, 9.17) is 9.72 Å². The number of fused-ring (bicyclic) bond motifs is 1. The summed E-state index contributed by atoms with van der Waals surface area (Å²) in [4.78, 5) is 28.6. The fourth-order valence-corrected chi connectivity index (χ4v) is 5.07. The summed E-state index contributed by atoms with van der Waals surface area (Å²) in [5.41, 5.74) is 4.68. The molecule has 160 valence electrons. The van der Waals surface area contributed by atoms with Gasteiger partial charge in [-0.25, -0.2) is 4.98 Å². The molecule has 0 aliphatic carbocycles. The molecule has 0 amide bonds. The Kier molecular flexibility index (Phi) is 5.10. The topological polar surface area (TPSA) is 71.1 Å². The lowest BCUT2D eigenvalue weighted by atomic mass is 9.77. The van der Waals surface area contributed by atoms with Gasteiger partial charge in [-0.2, -0.15) is 0 Å². The van der Waals surface area contributed by atoms with Crippen molar-refractivity contribution in [2.75, 3.05) is 37.5 Å².